The molecule has 3 aromatic rings. The van der Waals surface area contributed by atoms with Crippen molar-refractivity contribution < 1.29 is 9.53 Å². The maximum absolute atomic E-state index is 12.5. The Balaban J connectivity index is 1.31. The zero-order valence-corrected chi connectivity index (χ0v) is 13.8. The van der Waals surface area contributed by atoms with Gasteiger partial charge in [-0.3, -0.25) is 9.78 Å². The van der Waals surface area contributed by atoms with Crippen molar-refractivity contribution in [2.45, 2.75) is 37.8 Å². The molecule has 4 rings (SSSR count). The summed E-state index contributed by atoms with van der Waals surface area (Å²) in [7, 11) is 0. The average molecular weight is 336 g/mol. The second-order valence-electron chi connectivity index (χ2n) is 6.39. The lowest BCUT2D eigenvalue weighted by molar-refractivity contribution is 0.0890. The number of carbonyl (C=O) groups excluding carboxylic acids is 1. The minimum Gasteiger partial charge on any atom is -0.473 e. The van der Waals surface area contributed by atoms with Crippen molar-refractivity contribution >= 4 is 16.8 Å². The van der Waals surface area contributed by atoms with Crippen LogP contribution in [0.15, 0.2) is 49.1 Å². The van der Waals surface area contributed by atoms with Gasteiger partial charge in [-0.05, 0) is 49.9 Å². The number of amides is 1. The lowest BCUT2D eigenvalue weighted by atomic mass is 9.92. The number of fused-ring (bicyclic) bond motifs is 1. The van der Waals surface area contributed by atoms with Gasteiger partial charge in [0.15, 0.2) is 0 Å². The van der Waals surface area contributed by atoms with Crippen LogP contribution in [0.5, 0.6) is 5.88 Å². The van der Waals surface area contributed by atoms with E-state index in [1.165, 1.54) is 0 Å². The summed E-state index contributed by atoms with van der Waals surface area (Å²) in [6.45, 7) is 0. The van der Waals surface area contributed by atoms with Crippen molar-refractivity contribution in [1.29, 1.82) is 0 Å². The maximum Gasteiger partial charge on any atom is 0.251 e. The summed E-state index contributed by atoms with van der Waals surface area (Å²) in [6.07, 6.45) is 10.5. The lowest BCUT2D eigenvalue weighted by Crippen LogP contribution is -2.39. The van der Waals surface area contributed by atoms with E-state index >= 15 is 0 Å². The molecule has 0 unspecified atom stereocenters. The van der Waals surface area contributed by atoms with Crippen LogP contribution in [0.1, 0.15) is 36.0 Å². The van der Waals surface area contributed by atoms with E-state index in [1.54, 1.807) is 18.6 Å². The van der Waals surface area contributed by atoms with Crippen molar-refractivity contribution in [2.75, 3.05) is 0 Å². The van der Waals surface area contributed by atoms with E-state index in [9.17, 15) is 4.79 Å². The molecule has 1 fully saturated rings. The summed E-state index contributed by atoms with van der Waals surface area (Å²) in [5.74, 6) is 0.552. The van der Waals surface area contributed by atoms with Crippen molar-refractivity contribution in [2.24, 2.45) is 0 Å². The molecular formula is C19H20N4O2. The molecular weight excluding hydrogens is 316 g/mol. The van der Waals surface area contributed by atoms with Gasteiger partial charge in [-0.2, -0.15) is 0 Å². The van der Waals surface area contributed by atoms with Crippen LogP contribution in [0.3, 0.4) is 0 Å². The van der Waals surface area contributed by atoms with Gasteiger partial charge in [-0.15, -0.1) is 0 Å². The van der Waals surface area contributed by atoms with Crippen LogP contribution in [-0.2, 0) is 0 Å². The number of nitrogens with one attached hydrogen (secondary N) is 2. The number of hydrogen-bond donors (Lipinski definition) is 2. The van der Waals surface area contributed by atoms with E-state index < -0.39 is 0 Å². The maximum atomic E-state index is 12.5. The van der Waals surface area contributed by atoms with Crippen LogP contribution in [0.2, 0.25) is 0 Å². The first-order valence-electron chi connectivity index (χ1n) is 8.58. The van der Waals surface area contributed by atoms with E-state index in [1.807, 2.05) is 30.5 Å². The fourth-order valence-corrected chi connectivity index (χ4v) is 3.31. The topological polar surface area (TPSA) is 79.9 Å². The Bertz CT molecular complexity index is 854. The monoisotopic (exact) mass is 336 g/mol. The van der Waals surface area contributed by atoms with E-state index in [0.717, 1.165) is 36.6 Å². The highest BCUT2D eigenvalue weighted by Crippen LogP contribution is 2.23. The first kappa shape index (κ1) is 15.6. The highest BCUT2D eigenvalue weighted by atomic mass is 16.5. The van der Waals surface area contributed by atoms with Crippen molar-refractivity contribution in [3.63, 3.8) is 0 Å². The number of carbonyl (C=O) groups is 1. The van der Waals surface area contributed by atoms with E-state index in [2.05, 4.69) is 20.3 Å². The molecule has 2 heterocycles. The second-order valence-corrected chi connectivity index (χ2v) is 6.39. The Kier molecular flexibility index (Phi) is 4.33. The molecule has 6 nitrogen and oxygen atoms in total. The molecule has 2 aromatic heterocycles. The first-order chi connectivity index (χ1) is 12.3. The van der Waals surface area contributed by atoms with Crippen LogP contribution in [0.25, 0.3) is 10.9 Å². The molecule has 1 saturated carbocycles. The van der Waals surface area contributed by atoms with Gasteiger partial charge >= 0.3 is 0 Å². The molecule has 1 aromatic carbocycles. The number of hydrogen-bond acceptors (Lipinski definition) is 4. The van der Waals surface area contributed by atoms with Crippen LogP contribution >= 0.6 is 0 Å². The summed E-state index contributed by atoms with van der Waals surface area (Å²) >= 11 is 0. The lowest BCUT2D eigenvalue weighted by Gasteiger charge is -2.29. The summed E-state index contributed by atoms with van der Waals surface area (Å²) in [5, 5.41) is 4.19. The van der Waals surface area contributed by atoms with Crippen LogP contribution in [0.4, 0.5) is 0 Å². The third kappa shape index (κ3) is 3.63. The molecule has 25 heavy (non-hydrogen) atoms. The largest absolute Gasteiger partial charge is 0.473 e. The number of rotatable bonds is 4. The van der Waals surface area contributed by atoms with Gasteiger partial charge in [0.1, 0.15) is 6.10 Å². The molecule has 0 saturated heterocycles. The Morgan fingerprint density at radius 2 is 2.04 bits per heavy atom. The Morgan fingerprint density at radius 3 is 2.84 bits per heavy atom. The predicted octanol–water partition coefficient (Wildman–Crippen LogP) is 3.08. The predicted molar refractivity (Wildman–Crippen MR) is 94.5 cm³/mol. The van der Waals surface area contributed by atoms with Gasteiger partial charge in [-0.25, -0.2) is 4.98 Å². The third-order valence-corrected chi connectivity index (χ3v) is 4.65. The number of nitrogens with zero attached hydrogens (tertiary/aromatic N) is 2. The summed E-state index contributed by atoms with van der Waals surface area (Å²) < 4.78 is 5.84. The minimum atomic E-state index is -0.0126. The minimum absolute atomic E-state index is 0.0126. The second kappa shape index (κ2) is 6.93. The molecule has 0 bridgehead atoms. The zero-order valence-electron chi connectivity index (χ0n) is 13.8. The Labute approximate surface area is 145 Å². The molecule has 6 heteroatoms. The molecule has 1 aliphatic rings. The fraction of sp³-hybridized carbons (Fsp3) is 0.316. The number of ether oxygens (including phenoxy) is 1. The van der Waals surface area contributed by atoms with Gasteiger partial charge in [0.25, 0.3) is 5.91 Å². The highest BCUT2D eigenvalue weighted by Gasteiger charge is 2.24. The summed E-state index contributed by atoms with van der Waals surface area (Å²) in [5.41, 5.74) is 1.74. The molecule has 2 N–H and O–H groups in total. The Morgan fingerprint density at radius 1 is 1.16 bits per heavy atom. The number of aromatic nitrogens is 3. The van der Waals surface area contributed by atoms with Gasteiger partial charge in [0.2, 0.25) is 5.88 Å². The molecule has 0 spiro atoms. The molecule has 0 radical (unpaired) electrons. The summed E-state index contributed by atoms with van der Waals surface area (Å²) in [4.78, 5) is 23.8. The smallest absolute Gasteiger partial charge is 0.251 e. The van der Waals surface area contributed by atoms with E-state index in [4.69, 9.17) is 4.74 Å². The number of H-pyrrole nitrogens is 1. The van der Waals surface area contributed by atoms with Crippen molar-refractivity contribution in [1.82, 2.24) is 20.3 Å². The van der Waals surface area contributed by atoms with Gasteiger partial charge in [0.05, 0.1) is 6.20 Å². The average Bonchev–Trinajstić information content (AvgIpc) is 3.12. The van der Waals surface area contributed by atoms with E-state index in [-0.39, 0.29) is 18.1 Å². The first-order valence-corrected chi connectivity index (χ1v) is 8.58. The number of aromatic amines is 1. The quantitative estimate of drug-likeness (QED) is 0.767. The van der Waals surface area contributed by atoms with Crippen LogP contribution < -0.4 is 10.1 Å². The van der Waals surface area contributed by atoms with Crippen LogP contribution in [0, 0.1) is 0 Å². The van der Waals surface area contributed by atoms with Crippen molar-refractivity contribution in [3.05, 3.63) is 54.6 Å². The molecule has 0 aliphatic heterocycles. The standard InChI is InChI=1S/C19H20N4O2/c24-19(14-1-6-17-13(11-14)7-8-21-17)23-15-2-4-16(5-3-15)25-18-12-20-9-10-22-18/h1,6-12,15-16,21H,2-5H2,(H,23,24). The number of benzene rings is 1. The normalized spacial score (nSPS) is 20.3. The summed E-state index contributed by atoms with van der Waals surface area (Å²) in [6, 6.07) is 7.88. The van der Waals surface area contributed by atoms with Gasteiger partial charge < -0.3 is 15.0 Å². The molecule has 1 amide bonds. The van der Waals surface area contributed by atoms with Gasteiger partial charge in [0, 0.05) is 41.1 Å². The highest BCUT2D eigenvalue weighted by molar-refractivity contribution is 5.98. The fourth-order valence-electron chi connectivity index (χ4n) is 3.31. The zero-order chi connectivity index (χ0) is 17.1. The molecule has 128 valence electrons. The van der Waals surface area contributed by atoms with Crippen LogP contribution in [-0.4, -0.2) is 33.0 Å². The third-order valence-electron chi connectivity index (χ3n) is 4.65. The van der Waals surface area contributed by atoms with Crippen molar-refractivity contribution in [3.8, 4) is 5.88 Å². The molecule has 0 atom stereocenters. The van der Waals surface area contributed by atoms with E-state index in [0.29, 0.717) is 11.4 Å². The molecule has 1 aliphatic carbocycles. The Hall–Kier alpha value is -2.89. The SMILES string of the molecule is O=C(NC1CCC(Oc2cnccn2)CC1)c1ccc2[nH]ccc2c1. The van der Waals surface area contributed by atoms with Gasteiger partial charge in [-0.1, -0.05) is 0 Å².